The summed E-state index contributed by atoms with van der Waals surface area (Å²) < 4.78 is 14.2. The Labute approximate surface area is 136 Å². The number of aromatic hydroxyl groups is 1. The van der Waals surface area contributed by atoms with Gasteiger partial charge in [-0.25, -0.2) is 4.39 Å². The van der Waals surface area contributed by atoms with Gasteiger partial charge in [-0.1, -0.05) is 18.9 Å². The number of halogens is 1. The van der Waals surface area contributed by atoms with E-state index in [-0.39, 0.29) is 11.2 Å². The fourth-order valence-electron chi connectivity index (χ4n) is 5.87. The molecule has 1 aromatic carbocycles. The molecule has 3 aliphatic rings. The number of phenolic OH excluding ortho intramolecular Hbond substituents is 1. The van der Waals surface area contributed by atoms with Crippen molar-refractivity contribution in [3.8, 4) is 18.1 Å². The molecule has 2 fully saturated rings. The van der Waals surface area contributed by atoms with Crippen molar-refractivity contribution < 1.29 is 14.6 Å². The minimum Gasteiger partial charge on any atom is -0.505 e. The first-order valence-corrected chi connectivity index (χ1v) is 8.61. The Hall–Kier alpha value is -1.53. The molecule has 3 heteroatoms. The molecule has 3 aliphatic carbocycles. The van der Waals surface area contributed by atoms with E-state index in [1.807, 2.05) is 6.07 Å². The number of aliphatic hydroxyl groups is 1. The molecule has 0 unspecified atom stereocenters. The second-order valence-corrected chi connectivity index (χ2v) is 7.88. The third-order valence-electron chi connectivity index (χ3n) is 7.21. The third-order valence-corrected chi connectivity index (χ3v) is 7.21. The van der Waals surface area contributed by atoms with Gasteiger partial charge in [-0.15, -0.1) is 6.42 Å². The van der Waals surface area contributed by atoms with Crippen LogP contribution in [0.3, 0.4) is 0 Å². The first-order valence-electron chi connectivity index (χ1n) is 8.61. The minimum atomic E-state index is -0.997. The average molecular weight is 314 g/mol. The normalized spacial score (nSPS) is 41.6. The van der Waals surface area contributed by atoms with Gasteiger partial charge in [-0.2, -0.15) is 0 Å². The maximum absolute atomic E-state index is 14.2. The molecule has 0 saturated heterocycles. The number of benzene rings is 1. The van der Waals surface area contributed by atoms with Gasteiger partial charge in [0.25, 0.3) is 0 Å². The van der Waals surface area contributed by atoms with Gasteiger partial charge in [0.15, 0.2) is 11.6 Å². The predicted octanol–water partition coefficient (Wildman–Crippen LogP) is 3.75. The molecular formula is C20H23FO2. The van der Waals surface area contributed by atoms with Gasteiger partial charge in [0.1, 0.15) is 5.60 Å². The molecule has 0 spiro atoms. The summed E-state index contributed by atoms with van der Waals surface area (Å²) in [6.07, 6.45) is 10.7. The van der Waals surface area contributed by atoms with Crippen molar-refractivity contribution in [2.24, 2.45) is 17.3 Å². The molecule has 0 bridgehead atoms. The molecule has 5 atom stereocenters. The number of terminal acetylenes is 1. The highest BCUT2D eigenvalue weighted by Crippen LogP contribution is 2.64. The van der Waals surface area contributed by atoms with E-state index in [4.69, 9.17) is 6.42 Å². The van der Waals surface area contributed by atoms with Gasteiger partial charge in [0.05, 0.1) is 0 Å². The van der Waals surface area contributed by atoms with E-state index >= 15 is 0 Å². The molecule has 0 amide bonds. The van der Waals surface area contributed by atoms with E-state index < -0.39 is 11.4 Å². The van der Waals surface area contributed by atoms with Gasteiger partial charge in [0, 0.05) is 5.41 Å². The fourth-order valence-corrected chi connectivity index (χ4v) is 5.87. The van der Waals surface area contributed by atoms with Crippen molar-refractivity contribution in [1.82, 2.24) is 0 Å². The van der Waals surface area contributed by atoms with Crippen LogP contribution in [-0.2, 0) is 6.42 Å². The summed E-state index contributed by atoms with van der Waals surface area (Å²) in [4.78, 5) is 0. The third kappa shape index (κ3) is 1.79. The van der Waals surface area contributed by atoms with Crippen molar-refractivity contribution in [3.63, 3.8) is 0 Å². The lowest BCUT2D eigenvalue weighted by Crippen LogP contribution is -2.50. The second kappa shape index (κ2) is 4.74. The van der Waals surface area contributed by atoms with Gasteiger partial charge >= 0.3 is 0 Å². The summed E-state index contributed by atoms with van der Waals surface area (Å²) in [6.45, 7) is 2.15. The smallest absolute Gasteiger partial charge is 0.168 e. The molecule has 0 aromatic heterocycles. The van der Waals surface area contributed by atoms with Gasteiger partial charge in [-0.3, -0.25) is 0 Å². The maximum atomic E-state index is 14.2. The van der Waals surface area contributed by atoms with Crippen molar-refractivity contribution in [1.29, 1.82) is 0 Å². The van der Waals surface area contributed by atoms with Crippen LogP contribution in [0.25, 0.3) is 0 Å². The fraction of sp³-hybridized carbons (Fsp3) is 0.600. The van der Waals surface area contributed by atoms with Crippen LogP contribution in [0.4, 0.5) is 4.39 Å². The highest BCUT2D eigenvalue weighted by Gasteiger charge is 2.61. The van der Waals surface area contributed by atoms with E-state index in [0.29, 0.717) is 36.2 Å². The highest BCUT2D eigenvalue weighted by atomic mass is 19.1. The zero-order valence-electron chi connectivity index (χ0n) is 13.5. The average Bonchev–Trinajstić information content (AvgIpc) is 2.83. The first-order chi connectivity index (χ1) is 10.9. The minimum absolute atomic E-state index is 0.226. The SMILES string of the molecule is C#C[C@@]1(O)CC[C@H]2[C@@H]3CCc4c(ccc(O)c4F)[C@H]3CC[C@@]21C. The van der Waals surface area contributed by atoms with Crippen LogP contribution in [-0.4, -0.2) is 15.8 Å². The van der Waals surface area contributed by atoms with Crippen molar-refractivity contribution >= 4 is 0 Å². The van der Waals surface area contributed by atoms with E-state index in [9.17, 15) is 14.6 Å². The van der Waals surface area contributed by atoms with Crippen molar-refractivity contribution in [2.45, 2.75) is 57.0 Å². The van der Waals surface area contributed by atoms with Crippen LogP contribution >= 0.6 is 0 Å². The lowest BCUT2D eigenvalue weighted by atomic mass is 9.53. The van der Waals surface area contributed by atoms with Crippen LogP contribution in [0.5, 0.6) is 5.75 Å². The number of phenols is 1. The zero-order chi connectivity index (χ0) is 16.4. The Morgan fingerprint density at radius 3 is 2.78 bits per heavy atom. The summed E-state index contributed by atoms with van der Waals surface area (Å²) >= 11 is 0. The van der Waals surface area contributed by atoms with E-state index in [1.54, 1.807) is 0 Å². The molecule has 2 saturated carbocycles. The largest absolute Gasteiger partial charge is 0.505 e. The lowest BCUT2D eigenvalue weighted by Gasteiger charge is -2.52. The maximum Gasteiger partial charge on any atom is 0.168 e. The molecule has 122 valence electrons. The topological polar surface area (TPSA) is 40.5 Å². The summed E-state index contributed by atoms with van der Waals surface area (Å²) in [5.41, 5.74) is 0.536. The van der Waals surface area contributed by atoms with Gasteiger partial charge in [0.2, 0.25) is 0 Å². The van der Waals surface area contributed by atoms with E-state index in [0.717, 1.165) is 31.2 Å². The number of rotatable bonds is 0. The van der Waals surface area contributed by atoms with E-state index in [2.05, 4.69) is 12.8 Å². The Balaban J connectivity index is 1.74. The quantitative estimate of drug-likeness (QED) is 0.716. The van der Waals surface area contributed by atoms with Crippen LogP contribution in [0.15, 0.2) is 12.1 Å². The second-order valence-electron chi connectivity index (χ2n) is 7.88. The molecular weight excluding hydrogens is 291 g/mol. The van der Waals surface area contributed by atoms with Crippen LogP contribution in [0.2, 0.25) is 0 Å². The van der Waals surface area contributed by atoms with Crippen LogP contribution in [0.1, 0.15) is 56.1 Å². The van der Waals surface area contributed by atoms with E-state index in [1.165, 1.54) is 6.07 Å². The first kappa shape index (κ1) is 15.0. The van der Waals surface area contributed by atoms with Gasteiger partial charge < -0.3 is 10.2 Å². The number of hydrogen-bond acceptors (Lipinski definition) is 2. The molecule has 2 nitrogen and oxygen atoms in total. The molecule has 4 rings (SSSR count). The van der Waals surface area contributed by atoms with Gasteiger partial charge in [-0.05, 0) is 73.5 Å². The summed E-state index contributed by atoms with van der Waals surface area (Å²) in [5.74, 6) is 3.16. The number of hydrogen-bond donors (Lipinski definition) is 2. The Morgan fingerprint density at radius 1 is 1.26 bits per heavy atom. The van der Waals surface area contributed by atoms with Crippen LogP contribution < -0.4 is 0 Å². The molecule has 0 aliphatic heterocycles. The predicted molar refractivity (Wildman–Crippen MR) is 86.5 cm³/mol. The molecule has 2 N–H and O–H groups in total. The van der Waals surface area contributed by atoms with Crippen LogP contribution in [0, 0.1) is 35.4 Å². The Bertz CT molecular complexity index is 706. The van der Waals surface area contributed by atoms with Crippen molar-refractivity contribution in [3.05, 3.63) is 29.1 Å². The lowest BCUT2D eigenvalue weighted by molar-refractivity contribution is -0.0648. The zero-order valence-corrected chi connectivity index (χ0v) is 13.5. The summed E-state index contributed by atoms with van der Waals surface area (Å²) in [6, 6.07) is 3.38. The highest BCUT2D eigenvalue weighted by molar-refractivity contribution is 5.42. The molecule has 0 radical (unpaired) electrons. The van der Waals surface area contributed by atoms with Crippen molar-refractivity contribution in [2.75, 3.05) is 0 Å². The summed E-state index contributed by atoms with van der Waals surface area (Å²) in [7, 11) is 0. The standard InChI is InChI=1S/C20H23FO2/c1-3-20(23)11-9-16-14-4-5-15-12(6-7-17(22)18(15)21)13(14)8-10-19(16,20)2/h1,6-7,13-14,16,22-23H,4-5,8-11H2,2H3/t13-,14-,16+,19+,20-/m1/s1. The monoisotopic (exact) mass is 314 g/mol. The summed E-state index contributed by atoms with van der Waals surface area (Å²) in [5, 5.41) is 20.5. The Kier molecular flexibility index (Phi) is 3.09. The Morgan fingerprint density at radius 2 is 2.04 bits per heavy atom. The molecule has 23 heavy (non-hydrogen) atoms. The molecule has 0 heterocycles. The molecule has 1 aromatic rings. The number of fused-ring (bicyclic) bond motifs is 5.